The molecule has 0 amide bonds. The minimum absolute atomic E-state index is 0.157. The van der Waals surface area contributed by atoms with Crippen LogP contribution in [0.5, 0.6) is 0 Å². The van der Waals surface area contributed by atoms with E-state index in [0.29, 0.717) is 6.54 Å². The third-order valence-electron chi connectivity index (χ3n) is 3.50. The minimum atomic E-state index is 0.157. The van der Waals surface area contributed by atoms with Crippen molar-refractivity contribution in [1.29, 1.82) is 0 Å². The molecule has 5 heteroatoms. The van der Waals surface area contributed by atoms with Crippen molar-refractivity contribution < 1.29 is 4.74 Å². The smallest absolute Gasteiger partial charge is 0.102 e. The first-order valence-corrected chi connectivity index (χ1v) is 7.10. The summed E-state index contributed by atoms with van der Waals surface area (Å²) < 4.78 is 7.76. The number of hydrogen-bond acceptors (Lipinski definition) is 4. The highest BCUT2D eigenvalue weighted by molar-refractivity contribution is 5.14. The van der Waals surface area contributed by atoms with Gasteiger partial charge in [-0.25, -0.2) is 4.68 Å². The third kappa shape index (κ3) is 3.09. The molecule has 2 rings (SSSR count). The normalized spacial score (nSPS) is 19.6. The molecule has 0 spiro atoms. The molecule has 0 aromatic carbocycles. The van der Waals surface area contributed by atoms with Gasteiger partial charge in [0, 0.05) is 19.7 Å². The number of aryl methyl sites for hydroxylation is 1. The van der Waals surface area contributed by atoms with Crippen molar-refractivity contribution in [3.05, 3.63) is 11.4 Å². The van der Waals surface area contributed by atoms with Gasteiger partial charge in [0.25, 0.3) is 0 Å². The number of nitrogens with two attached hydrogens (primary N) is 1. The lowest BCUT2D eigenvalue weighted by Gasteiger charge is -2.13. The maximum absolute atomic E-state index is 5.75. The van der Waals surface area contributed by atoms with E-state index in [1.54, 1.807) is 0 Å². The fourth-order valence-corrected chi connectivity index (χ4v) is 2.50. The highest BCUT2D eigenvalue weighted by atomic mass is 16.5. The molecule has 1 aromatic rings. The highest BCUT2D eigenvalue weighted by Crippen LogP contribution is 2.30. The van der Waals surface area contributed by atoms with Crippen LogP contribution in [0.1, 0.15) is 62.9 Å². The van der Waals surface area contributed by atoms with Gasteiger partial charge in [0.1, 0.15) is 11.8 Å². The lowest BCUT2D eigenvalue weighted by Crippen LogP contribution is -2.12. The molecule has 0 aliphatic carbocycles. The van der Waals surface area contributed by atoms with Crippen molar-refractivity contribution in [3.8, 4) is 0 Å². The minimum Gasteiger partial charge on any atom is -0.372 e. The molecule has 1 atom stereocenters. The summed E-state index contributed by atoms with van der Waals surface area (Å²) in [7, 11) is 0. The number of aromatic nitrogens is 3. The van der Waals surface area contributed by atoms with Gasteiger partial charge >= 0.3 is 0 Å². The molecule has 2 heterocycles. The quantitative estimate of drug-likeness (QED) is 0.755. The van der Waals surface area contributed by atoms with Gasteiger partial charge < -0.3 is 10.5 Å². The maximum atomic E-state index is 5.75. The van der Waals surface area contributed by atoms with E-state index < -0.39 is 0 Å². The first-order chi connectivity index (χ1) is 8.86. The van der Waals surface area contributed by atoms with Crippen LogP contribution in [0.3, 0.4) is 0 Å². The van der Waals surface area contributed by atoms with E-state index in [1.807, 2.05) is 4.68 Å². The fourth-order valence-electron chi connectivity index (χ4n) is 2.50. The summed E-state index contributed by atoms with van der Waals surface area (Å²) in [4.78, 5) is 0. The fraction of sp³-hybridized carbons (Fsp3) is 0.846. The van der Waals surface area contributed by atoms with E-state index in [1.165, 1.54) is 19.3 Å². The van der Waals surface area contributed by atoms with Crippen LogP contribution in [0.4, 0.5) is 0 Å². The van der Waals surface area contributed by atoms with E-state index in [-0.39, 0.29) is 6.10 Å². The molecule has 18 heavy (non-hydrogen) atoms. The van der Waals surface area contributed by atoms with Crippen LogP contribution in [0, 0.1) is 0 Å². The molecule has 0 bridgehead atoms. The zero-order chi connectivity index (χ0) is 12.8. The van der Waals surface area contributed by atoms with Gasteiger partial charge in [-0.3, -0.25) is 0 Å². The molecule has 1 fully saturated rings. The zero-order valence-corrected chi connectivity index (χ0v) is 11.3. The molecule has 0 radical (unpaired) electrons. The summed E-state index contributed by atoms with van der Waals surface area (Å²) in [6.07, 6.45) is 7.29. The molecule has 5 nitrogen and oxygen atoms in total. The monoisotopic (exact) mass is 252 g/mol. The molecule has 102 valence electrons. The largest absolute Gasteiger partial charge is 0.372 e. The number of unbranched alkanes of at least 4 members (excludes halogenated alkanes) is 3. The molecule has 1 aromatic heterocycles. The molecule has 0 saturated carbocycles. The summed E-state index contributed by atoms with van der Waals surface area (Å²) in [5.41, 5.74) is 7.75. The van der Waals surface area contributed by atoms with E-state index >= 15 is 0 Å². The van der Waals surface area contributed by atoms with Crippen LogP contribution in [-0.2, 0) is 17.8 Å². The molecule has 1 aliphatic rings. The Morgan fingerprint density at radius 3 is 2.94 bits per heavy atom. The number of rotatable bonds is 7. The van der Waals surface area contributed by atoms with Crippen LogP contribution in [-0.4, -0.2) is 21.6 Å². The van der Waals surface area contributed by atoms with Crippen molar-refractivity contribution in [2.45, 2.75) is 64.6 Å². The number of nitrogens with zero attached hydrogens (tertiary/aromatic N) is 3. The standard InChI is InChI=1S/C13H24N4O/c1-2-3-4-5-8-17-13(11(10-14)15-16-17)12-7-6-9-18-12/h12H,2-10,14H2,1H3. The van der Waals surface area contributed by atoms with Crippen molar-refractivity contribution in [3.63, 3.8) is 0 Å². The summed E-state index contributed by atoms with van der Waals surface area (Å²) in [6, 6.07) is 0. The van der Waals surface area contributed by atoms with Gasteiger partial charge in [0.2, 0.25) is 0 Å². The average molecular weight is 252 g/mol. The second-order valence-electron chi connectivity index (χ2n) is 4.91. The first kappa shape index (κ1) is 13.5. The molecule has 2 N–H and O–H groups in total. The van der Waals surface area contributed by atoms with E-state index in [0.717, 1.165) is 43.8 Å². The third-order valence-corrected chi connectivity index (χ3v) is 3.50. The van der Waals surface area contributed by atoms with Crippen molar-refractivity contribution >= 4 is 0 Å². The predicted octanol–water partition coefficient (Wildman–Crippen LogP) is 2.17. The lowest BCUT2D eigenvalue weighted by atomic mass is 10.1. The Hall–Kier alpha value is -0.940. The molecular weight excluding hydrogens is 228 g/mol. The van der Waals surface area contributed by atoms with Crippen LogP contribution < -0.4 is 5.73 Å². The summed E-state index contributed by atoms with van der Waals surface area (Å²) >= 11 is 0. The highest BCUT2D eigenvalue weighted by Gasteiger charge is 2.25. The van der Waals surface area contributed by atoms with E-state index in [4.69, 9.17) is 10.5 Å². The molecule has 1 unspecified atom stereocenters. The van der Waals surface area contributed by atoms with Gasteiger partial charge in [0.15, 0.2) is 0 Å². The molecule has 1 aliphatic heterocycles. The van der Waals surface area contributed by atoms with Crippen LogP contribution in [0.25, 0.3) is 0 Å². The number of hydrogen-bond donors (Lipinski definition) is 1. The zero-order valence-electron chi connectivity index (χ0n) is 11.3. The summed E-state index contributed by atoms with van der Waals surface area (Å²) in [5.74, 6) is 0. The van der Waals surface area contributed by atoms with E-state index in [9.17, 15) is 0 Å². The number of ether oxygens (including phenoxy) is 1. The lowest BCUT2D eigenvalue weighted by molar-refractivity contribution is 0.103. The SMILES string of the molecule is CCCCCCn1nnc(CN)c1C1CCCO1. The first-order valence-electron chi connectivity index (χ1n) is 7.10. The Morgan fingerprint density at radius 2 is 2.28 bits per heavy atom. The topological polar surface area (TPSA) is 66.0 Å². The van der Waals surface area contributed by atoms with Gasteiger partial charge in [0.05, 0.1) is 5.69 Å². The van der Waals surface area contributed by atoms with Crippen molar-refractivity contribution in [2.24, 2.45) is 5.73 Å². The predicted molar refractivity (Wildman–Crippen MR) is 70.0 cm³/mol. The van der Waals surface area contributed by atoms with Crippen LogP contribution in [0.2, 0.25) is 0 Å². The van der Waals surface area contributed by atoms with Crippen molar-refractivity contribution in [1.82, 2.24) is 15.0 Å². The Balaban J connectivity index is 2.02. The van der Waals surface area contributed by atoms with E-state index in [2.05, 4.69) is 17.2 Å². The second kappa shape index (κ2) is 6.85. The van der Waals surface area contributed by atoms with Gasteiger partial charge in [-0.1, -0.05) is 31.4 Å². The Morgan fingerprint density at radius 1 is 1.39 bits per heavy atom. The van der Waals surface area contributed by atoms with Gasteiger partial charge in [-0.2, -0.15) is 0 Å². The molecular formula is C13H24N4O. The summed E-state index contributed by atoms with van der Waals surface area (Å²) in [5, 5.41) is 8.42. The average Bonchev–Trinajstić information content (AvgIpc) is 3.02. The maximum Gasteiger partial charge on any atom is 0.102 e. The second-order valence-corrected chi connectivity index (χ2v) is 4.91. The van der Waals surface area contributed by atoms with Crippen LogP contribution in [0.15, 0.2) is 0 Å². The Kier molecular flexibility index (Phi) is 5.13. The molecule has 1 saturated heterocycles. The Labute approximate surface area is 109 Å². The Bertz CT molecular complexity index is 358. The van der Waals surface area contributed by atoms with Crippen LogP contribution >= 0.6 is 0 Å². The summed E-state index contributed by atoms with van der Waals surface area (Å²) in [6.45, 7) is 4.45. The van der Waals surface area contributed by atoms with Crippen molar-refractivity contribution in [2.75, 3.05) is 6.61 Å². The van der Waals surface area contributed by atoms with Gasteiger partial charge in [-0.15, -0.1) is 5.10 Å². The van der Waals surface area contributed by atoms with Gasteiger partial charge in [-0.05, 0) is 19.3 Å².